The van der Waals surface area contributed by atoms with E-state index in [1.54, 1.807) is 23.5 Å². The monoisotopic (exact) mass is 336 g/mol. The molecule has 0 saturated carbocycles. The van der Waals surface area contributed by atoms with Crippen LogP contribution in [0.2, 0.25) is 0 Å². The minimum absolute atomic E-state index is 0.235. The minimum atomic E-state index is -0.235. The van der Waals surface area contributed by atoms with Gasteiger partial charge in [0.25, 0.3) is 0 Å². The van der Waals surface area contributed by atoms with Crippen LogP contribution in [-0.4, -0.2) is 30.5 Å². The zero-order valence-electron chi connectivity index (χ0n) is 13.6. The summed E-state index contributed by atoms with van der Waals surface area (Å²) in [6, 6.07) is 14.6. The van der Waals surface area contributed by atoms with Crippen molar-refractivity contribution < 1.29 is 4.39 Å². The van der Waals surface area contributed by atoms with Crippen molar-refractivity contribution in [3.63, 3.8) is 0 Å². The number of hydrogen-bond donors (Lipinski definition) is 0. The van der Waals surface area contributed by atoms with Gasteiger partial charge in [0.05, 0.1) is 11.4 Å². The number of aromatic nitrogens is 1. The smallest absolute Gasteiger partial charge is 0.123 e. The van der Waals surface area contributed by atoms with Gasteiger partial charge in [0.15, 0.2) is 0 Å². The number of nitrogens with zero attached hydrogens (tertiary/aromatic N) is 2. The maximum atomic E-state index is 13.0. The van der Waals surface area contributed by atoms with Crippen LogP contribution in [0.1, 0.15) is 5.56 Å². The molecule has 1 heterocycles. The van der Waals surface area contributed by atoms with Gasteiger partial charge >= 0.3 is 0 Å². The standard InChI is InChI=1S/C20H17FN2S/c1-23(2)13-3-4-15-5-7-16(8-6-15)19-14-22-20(24-19)17-9-11-18(21)12-10-17/h5-12,14H,13H2,1-2H3. The van der Waals surface area contributed by atoms with Crippen LogP contribution in [0.4, 0.5) is 4.39 Å². The van der Waals surface area contributed by atoms with Gasteiger partial charge < -0.3 is 0 Å². The molecule has 120 valence electrons. The van der Waals surface area contributed by atoms with Gasteiger partial charge in [-0.2, -0.15) is 0 Å². The molecule has 0 bridgehead atoms. The van der Waals surface area contributed by atoms with Crippen molar-refractivity contribution in [1.29, 1.82) is 0 Å². The lowest BCUT2D eigenvalue weighted by Gasteiger charge is -2.01. The normalized spacial score (nSPS) is 10.5. The predicted octanol–water partition coefficient (Wildman–Crippen LogP) is 4.53. The van der Waals surface area contributed by atoms with Crippen molar-refractivity contribution in [2.75, 3.05) is 20.6 Å². The van der Waals surface area contributed by atoms with Gasteiger partial charge in [-0.05, 0) is 56.1 Å². The Morgan fingerprint density at radius 1 is 1.00 bits per heavy atom. The first-order chi connectivity index (χ1) is 11.6. The van der Waals surface area contributed by atoms with E-state index in [4.69, 9.17) is 0 Å². The highest BCUT2D eigenvalue weighted by atomic mass is 32.1. The van der Waals surface area contributed by atoms with Crippen LogP contribution >= 0.6 is 11.3 Å². The SMILES string of the molecule is CN(C)CC#Cc1ccc(-c2cnc(-c3ccc(F)cc3)s2)cc1. The Kier molecular flexibility index (Phi) is 5.05. The zero-order chi connectivity index (χ0) is 16.9. The van der Waals surface area contributed by atoms with Gasteiger partial charge in [-0.1, -0.05) is 24.0 Å². The van der Waals surface area contributed by atoms with Crippen LogP contribution in [0, 0.1) is 17.7 Å². The van der Waals surface area contributed by atoms with E-state index in [9.17, 15) is 4.39 Å². The van der Waals surface area contributed by atoms with E-state index in [2.05, 4.69) is 29.0 Å². The zero-order valence-corrected chi connectivity index (χ0v) is 14.4. The molecule has 4 heteroatoms. The molecule has 0 radical (unpaired) electrons. The van der Waals surface area contributed by atoms with Crippen LogP contribution in [0.3, 0.4) is 0 Å². The Hall–Kier alpha value is -2.48. The third kappa shape index (κ3) is 4.08. The van der Waals surface area contributed by atoms with Gasteiger partial charge in [-0.25, -0.2) is 9.37 Å². The summed E-state index contributed by atoms with van der Waals surface area (Å²) < 4.78 is 13.0. The van der Waals surface area contributed by atoms with E-state index in [1.807, 2.05) is 37.3 Å². The molecule has 0 saturated heterocycles. The van der Waals surface area contributed by atoms with E-state index in [-0.39, 0.29) is 5.82 Å². The van der Waals surface area contributed by atoms with Crippen molar-refractivity contribution in [1.82, 2.24) is 9.88 Å². The summed E-state index contributed by atoms with van der Waals surface area (Å²) in [4.78, 5) is 7.57. The molecule has 2 nitrogen and oxygen atoms in total. The highest BCUT2D eigenvalue weighted by Gasteiger charge is 2.06. The number of rotatable bonds is 3. The first-order valence-corrected chi connectivity index (χ1v) is 8.39. The largest absolute Gasteiger partial charge is 0.299 e. The molecule has 1 aromatic heterocycles. The Morgan fingerprint density at radius 3 is 2.33 bits per heavy atom. The number of thiazole rings is 1. The first-order valence-electron chi connectivity index (χ1n) is 7.57. The molecule has 0 amide bonds. The fourth-order valence-corrected chi connectivity index (χ4v) is 3.08. The van der Waals surface area contributed by atoms with Gasteiger partial charge in [0, 0.05) is 17.3 Å². The summed E-state index contributed by atoms with van der Waals surface area (Å²) in [6.45, 7) is 0.748. The summed E-state index contributed by atoms with van der Waals surface area (Å²) in [7, 11) is 4.00. The first kappa shape index (κ1) is 16.4. The molecular weight excluding hydrogens is 319 g/mol. The molecular formula is C20H17FN2S. The predicted molar refractivity (Wildman–Crippen MR) is 98.4 cm³/mol. The van der Waals surface area contributed by atoms with E-state index >= 15 is 0 Å². The second-order valence-corrected chi connectivity index (χ2v) is 6.68. The summed E-state index contributed by atoms with van der Waals surface area (Å²) in [6.07, 6.45) is 1.86. The summed E-state index contributed by atoms with van der Waals surface area (Å²) in [5.41, 5.74) is 3.04. The van der Waals surface area contributed by atoms with E-state index in [0.717, 1.165) is 33.1 Å². The second kappa shape index (κ2) is 7.39. The molecule has 0 aliphatic carbocycles. The highest BCUT2D eigenvalue weighted by molar-refractivity contribution is 7.18. The molecule has 2 aromatic carbocycles. The Balaban J connectivity index is 1.77. The van der Waals surface area contributed by atoms with Crippen molar-refractivity contribution >= 4 is 11.3 Å². The Morgan fingerprint density at radius 2 is 1.67 bits per heavy atom. The Labute approximate surface area is 145 Å². The highest BCUT2D eigenvalue weighted by Crippen LogP contribution is 2.32. The summed E-state index contributed by atoms with van der Waals surface area (Å²) >= 11 is 1.60. The molecule has 3 rings (SSSR count). The van der Waals surface area contributed by atoms with E-state index < -0.39 is 0 Å². The molecule has 0 unspecified atom stereocenters. The minimum Gasteiger partial charge on any atom is -0.299 e. The third-order valence-electron chi connectivity index (χ3n) is 3.39. The quantitative estimate of drug-likeness (QED) is 0.653. The van der Waals surface area contributed by atoms with E-state index in [1.165, 1.54) is 12.1 Å². The van der Waals surface area contributed by atoms with Gasteiger partial charge in [0.2, 0.25) is 0 Å². The van der Waals surface area contributed by atoms with Crippen LogP contribution in [0.25, 0.3) is 21.0 Å². The topological polar surface area (TPSA) is 16.1 Å². The lowest BCUT2D eigenvalue weighted by atomic mass is 10.1. The fraction of sp³-hybridized carbons (Fsp3) is 0.150. The molecule has 0 N–H and O–H groups in total. The van der Waals surface area contributed by atoms with Crippen molar-refractivity contribution in [2.24, 2.45) is 0 Å². The van der Waals surface area contributed by atoms with Crippen molar-refractivity contribution in [3.8, 4) is 32.9 Å². The van der Waals surface area contributed by atoms with Crippen molar-refractivity contribution in [3.05, 3.63) is 66.1 Å². The Bertz CT molecular complexity index is 868. The fourth-order valence-electron chi connectivity index (χ4n) is 2.15. The third-order valence-corrected chi connectivity index (χ3v) is 4.49. The second-order valence-electron chi connectivity index (χ2n) is 5.65. The lowest BCUT2D eigenvalue weighted by Crippen LogP contribution is -2.10. The van der Waals surface area contributed by atoms with Gasteiger partial charge in [-0.15, -0.1) is 11.3 Å². The summed E-state index contributed by atoms with van der Waals surface area (Å²) in [5.74, 6) is 6.04. The number of hydrogen-bond acceptors (Lipinski definition) is 3. The van der Waals surface area contributed by atoms with E-state index in [0.29, 0.717) is 0 Å². The molecule has 3 aromatic rings. The molecule has 0 spiro atoms. The van der Waals surface area contributed by atoms with Crippen LogP contribution in [0.5, 0.6) is 0 Å². The summed E-state index contributed by atoms with van der Waals surface area (Å²) in [5, 5.41) is 0.889. The molecule has 24 heavy (non-hydrogen) atoms. The maximum Gasteiger partial charge on any atom is 0.123 e. The average Bonchev–Trinajstić information content (AvgIpc) is 3.06. The van der Waals surface area contributed by atoms with Crippen LogP contribution in [0.15, 0.2) is 54.7 Å². The van der Waals surface area contributed by atoms with Gasteiger partial charge in [-0.3, -0.25) is 4.90 Å². The average molecular weight is 336 g/mol. The molecule has 0 aliphatic heterocycles. The molecule has 0 fully saturated rings. The molecule has 0 atom stereocenters. The molecule has 0 aliphatic rings. The number of benzene rings is 2. The van der Waals surface area contributed by atoms with Gasteiger partial charge in [0.1, 0.15) is 10.8 Å². The lowest BCUT2D eigenvalue weighted by molar-refractivity contribution is 0.464. The van der Waals surface area contributed by atoms with Crippen LogP contribution in [-0.2, 0) is 0 Å². The van der Waals surface area contributed by atoms with Crippen LogP contribution < -0.4 is 0 Å². The maximum absolute atomic E-state index is 13.0. The number of halogens is 1. The van der Waals surface area contributed by atoms with Crippen molar-refractivity contribution in [2.45, 2.75) is 0 Å².